The van der Waals surface area contributed by atoms with Gasteiger partial charge >= 0.3 is 0 Å². The van der Waals surface area contributed by atoms with Crippen molar-refractivity contribution in [1.29, 1.82) is 0 Å². The number of benzene rings is 2. The Morgan fingerprint density at radius 2 is 1.71 bits per heavy atom. The summed E-state index contributed by atoms with van der Waals surface area (Å²) in [4.78, 5) is 25.4. The van der Waals surface area contributed by atoms with Crippen LogP contribution in [-0.4, -0.2) is 26.5 Å². The van der Waals surface area contributed by atoms with Crippen LogP contribution in [0, 0.1) is 0 Å². The van der Waals surface area contributed by atoms with Gasteiger partial charge in [0.15, 0.2) is 10.5 Å². The lowest BCUT2D eigenvalue weighted by molar-refractivity contribution is 0.100. The summed E-state index contributed by atoms with van der Waals surface area (Å²) in [6.07, 6.45) is 1.41. The van der Waals surface area contributed by atoms with Crippen LogP contribution in [0.3, 0.4) is 0 Å². The highest BCUT2D eigenvalue weighted by Crippen LogP contribution is 2.30. The fourth-order valence-electron chi connectivity index (χ4n) is 2.95. The zero-order chi connectivity index (χ0) is 20.4. The molecule has 1 aromatic heterocycles. The lowest BCUT2D eigenvalue weighted by atomic mass is 10.1. The summed E-state index contributed by atoms with van der Waals surface area (Å²) in [6, 6.07) is 7.53. The number of rotatable bonds is 7. The Kier molecular flexibility index (Phi) is 6.34. The van der Waals surface area contributed by atoms with Crippen molar-refractivity contribution in [1.82, 2.24) is 0 Å². The Morgan fingerprint density at radius 3 is 2.36 bits per heavy atom. The van der Waals surface area contributed by atoms with E-state index in [1.165, 1.54) is 24.3 Å². The Hall–Kier alpha value is -2.00. The predicted octanol–water partition coefficient (Wildman–Crippen LogP) is 3.08. The van der Waals surface area contributed by atoms with Crippen LogP contribution < -0.4 is 11.2 Å². The predicted molar refractivity (Wildman–Crippen MR) is 112 cm³/mol. The molecule has 0 radical (unpaired) electrons. The van der Waals surface area contributed by atoms with Gasteiger partial charge in [-0.25, -0.2) is 0 Å². The molecular formula is C20H21NO5S2. The monoisotopic (exact) mass is 419 g/mol. The van der Waals surface area contributed by atoms with Crippen LogP contribution in [0.5, 0.6) is 0 Å². The molecular weight excluding hydrogens is 398 g/mol. The summed E-state index contributed by atoms with van der Waals surface area (Å²) in [6.45, 7) is 3.83. The van der Waals surface area contributed by atoms with Crippen molar-refractivity contribution in [2.45, 2.75) is 36.5 Å². The largest absolute Gasteiger partial charge is 0.611 e. The van der Waals surface area contributed by atoms with E-state index >= 15 is 0 Å². The van der Waals surface area contributed by atoms with Crippen molar-refractivity contribution in [3.8, 4) is 0 Å². The summed E-state index contributed by atoms with van der Waals surface area (Å²) >= 11 is -2.71. The third-order valence-electron chi connectivity index (χ3n) is 4.28. The average molecular weight is 420 g/mol. The molecule has 0 saturated heterocycles. The van der Waals surface area contributed by atoms with Crippen LogP contribution in [0.1, 0.15) is 37.0 Å². The van der Waals surface area contributed by atoms with Crippen LogP contribution in [-0.2, 0) is 22.4 Å². The number of fused-ring (bicyclic) bond motifs is 2. The summed E-state index contributed by atoms with van der Waals surface area (Å²) in [5, 5.41) is 0.407. The molecule has 6 nitrogen and oxygen atoms in total. The molecule has 1 heterocycles. The van der Waals surface area contributed by atoms with Gasteiger partial charge in [0.2, 0.25) is 16.2 Å². The molecule has 0 fully saturated rings. The van der Waals surface area contributed by atoms with Gasteiger partial charge in [0, 0.05) is 11.6 Å². The Morgan fingerprint density at radius 1 is 1.04 bits per heavy atom. The summed E-state index contributed by atoms with van der Waals surface area (Å²) in [5.41, 5.74) is 5.64. The maximum Gasteiger partial charge on any atom is 0.248 e. The average Bonchev–Trinajstić information content (AvgIpc) is 2.67. The van der Waals surface area contributed by atoms with E-state index in [2.05, 4.69) is 0 Å². The van der Waals surface area contributed by atoms with Crippen molar-refractivity contribution in [3.05, 3.63) is 46.1 Å². The van der Waals surface area contributed by atoms with E-state index in [-0.39, 0.29) is 32.9 Å². The topological polar surface area (TPSA) is 119 Å². The normalized spacial score (nSPS) is 13.7. The summed E-state index contributed by atoms with van der Waals surface area (Å²) < 4.78 is 31.2. The molecule has 2 unspecified atom stereocenters. The zero-order valence-corrected chi connectivity index (χ0v) is 17.3. The van der Waals surface area contributed by atoms with Gasteiger partial charge in [-0.05, 0) is 53.4 Å². The second kappa shape index (κ2) is 8.57. The second-order valence-corrected chi connectivity index (χ2v) is 9.51. The minimum Gasteiger partial charge on any atom is -0.611 e. The molecule has 8 heteroatoms. The minimum atomic E-state index is -1.39. The summed E-state index contributed by atoms with van der Waals surface area (Å²) in [7, 11) is 0. The molecule has 0 bridgehead atoms. The minimum absolute atomic E-state index is 0.194. The van der Waals surface area contributed by atoms with Crippen LogP contribution in [0.2, 0.25) is 0 Å². The number of nitrogens with two attached hydrogens (primary N) is 1. The Bertz CT molecular complexity index is 1100. The molecule has 3 aromatic rings. The van der Waals surface area contributed by atoms with Gasteiger partial charge in [0.05, 0.1) is 16.8 Å². The van der Waals surface area contributed by atoms with Crippen LogP contribution in [0.15, 0.2) is 49.3 Å². The molecule has 0 aliphatic rings. The highest BCUT2D eigenvalue weighted by Gasteiger charge is 2.25. The molecule has 28 heavy (non-hydrogen) atoms. The maximum atomic E-state index is 13.1. The number of primary amides is 1. The first-order valence-corrected chi connectivity index (χ1v) is 11.6. The van der Waals surface area contributed by atoms with E-state index in [1.54, 1.807) is 6.07 Å². The molecule has 148 valence electrons. The summed E-state index contributed by atoms with van der Waals surface area (Å²) in [5.74, 6) is 0.196. The zero-order valence-electron chi connectivity index (χ0n) is 15.7. The van der Waals surface area contributed by atoms with E-state index in [0.717, 1.165) is 0 Å². The van der Waals surface area contributed by atoms with Gasteiger partial charge in [-0.3, -0.25) is 9.59 Å². The Labute approximate surface area is 168 Å². The van der Waals surface area contributed by atoms with Crippen LogP contribution >= 0.6 is 0 Å². The lowest BCUT2D eigenvalue weighted by Crippen LogP contribution is -2.14. The number of carbonyl (C=O) groups excluding carboxylic acids is 1. The standard InChI is InChI=1S/C20H21NO5S2/c1-3-7-27(24)13-10-15-18(22)14-9-12(20(21)23)5-6-16(14)26-19(15)17(11-13)28(25)8-4-2/h5-6,9-11H,3-4,7-8H2,1-2H3,(H2,21,23). The quantitative estimate of drug-likeness (QED) is 0.466. The highest BCUT2D eigenvalue weighted by molar-refractivity contribution is 7.92. The van der Waals surface area contributed by atoms with E-state index in [0.29, 0.717) is 34.1 Å². The first kappa shape index (κ1) is 20.7. The highest BCUT2D eigenvalue weighted by atomic mass is 32.2. The van der Waals surface area contributed by atoms with Gasteiger partial charge in [-0.15, -0.1) is 0 Å². The number of carbonyl (C=O) groups is 1. The van der Waals surface area contributed by atoms with Crippen molar-refractivity contribution in [3.63, 3.8) is 0 Å². The van der Waals surface area contributed by atoms with E-state index in [9.17, 15) is 18.7 Å². The smallest absolute Gasteiger partial charge is 0.248 e. The molecule has 1 amide bonds. The molecule has 0 saturated carbocycles. The first-order valence-electron chi connectivity index (χ1n) is 8.98. The van der Waals surface area contributed by atoms with Crippen molar-refractivity contribution < 1.29 is 18.3 Å². The van der Waals surface area contributed by atoms with Crippen molar-refractivity contribution >= 4 is 50.2 Å². The van der Waals surface area contributed by atoms with Gasteiger partial charge in [-0.1, -0.05) is 13.8 Å². The third kappa shape index (κ3) is 3.91. The van der Waals surface area contributed by atoms with Crippen molar-refractivity contribution in [2.24, 2.45) is 5.73 Å². The number of hydrogen-bond acceptors (Lipinski definition) is 5. The molecule has 2 N–H and O–H groups in total. The third-order valence-corrected chi connectivity index (χ3v) is 7.39. The molecule has 2 atom stereocenters. The van der Waals surface area contributed by atoms with Crippen LogP contribution in [0.25, 0.3) is 21.9 Å². The molecule has 0 aliphatic heterocycles. The van der Waals surface area contributed by atoms with Gasteiger partial charge in [-0.2, -0.15) is 0 Å². The first-order chi connectivity index (χ1) is 13.4. The molecule has 2 aromatic carbocycles. The Balaban J connectivity index is 2.36. The maximum absolute atomic E-state index is 13.1. The molecule has 0 spiro atoms. The SMILES string of the molecule is CCC[S+]([O-])c1cc([S+]([O-])CCC)c2oc3ccc(C(N)=O)cc3c(=O)c2c1. The van der Waals surface area contributed by atoms with E-state index in [1.807, 2.05) is 13.8 Å². The van der Waals surface area contributed by atoms with Gasteiger partial charge < -0.3 is 19.3 Å². The number of hydrogen-bond donors (Lipinski definition) is 1. The lowest BCUT2D eigenvalue weighted by Gasteiger charge is -2.15. The van der Waals surface area contributed by atoms with Gasteiger partial charge in [0.1, 0.15) is 17.1 Å². The van der Waals surface area contributed by atoms with E-state index < -0.39 is 28.3 Å². The van der Waals surface area contributed by atoms with Crippen molar-refractivity contribution in [2.75, 3.05) is 11.5 Å². The molecule has 3 rings (SSSR count). The fraction of sp³-hybridized carbons (Fsp3) is 0.300. The van der Waals surface area contributed by atoms with E-state index in [4.69, 9.17) is 10.2 Å². The molecule has 0 aliphatic carbocycles. The van der Waals surface area contributed by atoms with Gasteiger partial charge in [0.25, 0.3) is 0 Å². The van der Waals surface area contributed by atoms with Crippen LogP contribution in [0.4, 0.5) is 0 Å². The fourth-order valence-corrected chi connectivity index (χ4v) is 5.34. The second-order valence-electron chi connectivity index (χ2n) is 6.40. The number of amides is 1.